The standard InChI is InChI=1S/C8H7N3O2/c9-7-3-6(11-13-7)5-1-2-8(12)10-4-5/h1-4H,9H2,(H,10,12). The average Bonchev–Trinajstić information content (AvgIpc) is 2.53. The molecule has 3 N–H and O–H groups in total. The summed E-state index contributed by atoms with van der Waals surface area (Å²) >= 11 is 0. The number of nitrogens with zero attached hydrogens (tertiary/aromatic N) is 1. The molecule has 0 aromatic carbocycles. The number of hydrogen-bond acceptors (Lipinski definition) is 4. The molecule has 0 saturated heterocycles. The molecule has 0 spiro atoms. The first kappa shape index (κ1) is 7.60. The smallest absolute Gasteiger partial charge is 0.247 e. The molecule has 0 bridgehead atoms. The van der Waals surface area contributed by atoms with Crippen LogP contribution in [0.5, 0.6) is 0 Å². The van der Waals surface area contributed by atoms with Gasteiger partial charge in [0.05, 0.1) is 0 Å². The number of anilines is 1. The number of hydrogen-bond donors (Lipinski definition) is 2. The number of pyridine rings is 1. The van der Waals surface area contributed by atoms with Gasteiger partial charge in [0.15, 0.2) is 0 Å². The van der Waals surface area contributed by atoms with Crippen molar-refractivity contribution in [3.63, 3.8) is 0 Å². The molecule has 0 saturated carbocycles. The molecule has 5 nitrogen and oxygen atoms in total. The minimum Gasteiger partial charge on any atom is -0.368 e. The molecule has 13 heavy (non-hydrogen) atoms. The summed E-state index contributed by atoms with van der Waals surface area (Å²) < 4.78 is 4.68. The molecule has 0 radical (unpaired) electrons. The van der Waals surface area contributed by atoms with Crippen LogP contribution in [0.2, 0.25) is 0 Å². The lowest BCUT2D eigenvalue weighted by Gasteiger charge is -1.91. The van der Waals surface area contributed by atoms with Crippen molar-refractivity contribution in [2.45, 2.75) is 0 Å². The van der Waals surface area contributed by atoms with Crippen molar-refractivity contribution >= 4 is 5.88 Å². The Kier molecular flexibility index (Phi) is 1.63. The second kappa shape index (κ2) is 2.78. The van der Waals surface area contributed by atoms with E-state index >= 15 is 0 Å². The van der Waals surface area contributed by atoms with Crippen LogP contribution in [-0.4, -0.2) is 10.1 Å². The Bertz CT molecular complexity index is 452. The number of aromatic amines is 1. The van der Waals surface area contributed by atoms with Gasteiger partial charge in [0, 0.05) is 23.9 Å². The van der Waals surface area contributed by atoms with Crippen molar-refractivity contribution in [3.8, 4) is 11.3 Å². The van der Waals surface area contributed by atoms with Crippen LogP contribution >= 0.6 is 0 Å². The molecule has 2 aromatic rings. The van der Waals surface area contributed by atoms with Gasteiger partial charge >= 0.3 is 0 Å². The fraction of sp³-hybridized carbons (Fsp3) is 0. The highest BCUT2D eigenvalue weighted by molar-refractivity contribution is 5.59. The van der Waals surface area contributed by atoms with Crippen molar-refractivity contribution in [1.29, 1.82) is 0 Å². The van der Waals surface area contributed by atoms with E-state index in [4.69, 9.17) is 5.73 Å². The number of nitrogens with two attached hydrogens (primary N) is 1. The highest BCUT2D eigenvalue weighted by Gasteiger charge is 2.02. The Labute approximate surface area is 73.2 Å². The topological polar surface area (TPSA) is 84.9 Å². The molecule has 66 valence electrons. The predicted molar refractivity (Wildman–Crippen MR) is 47.0 cm³/mol. The normalized spacial score (nSPS) is 10.2. The number of H-pyrrole nitrogens is 1. The van der Waals surface area contributed by atoms with Gasteiger partial charge in [-0.15, -0.1) is 0 Å². The fourth-order valence-electron chi connectivity index (χ4n) is 0.995. The quantitative estimate of drug-likeness (QED) is 0.668. The second-order valence-corrected chi connectivity index (χ2v) is 2.56. The third-order valence-electron chi connectivity index (χ3n) is 1.61. The molecule has 5 heteroatoms. The van der Waals surface area contributed by atoms with Crippen molar-refractivity contribution in [3.05, 3.63) is 34.7 Å². The Morgan fingerprint density at radius 2 is 2.31 bits per heavy atom. The fourth-order valence-corrected chi connectivity index (χ4v) is 0.995. The summed E-state index contributed by atoms with van der Waals surface area (Å²) in [5.41, 5.74) is 6.56. The number of aromatic nitrogens is 2. The van der Waals surface area contributed by atoms with Gasteiger partial charge in [-0.05, 0) is 6.07 Å². The van der Waals surface area contributed by atoms with Gasteiger partial charge in [-0.25, -0.2) is 0 Å². The summed E-state index contributed by atoms with van der Waals surface area (Å²) in [5, 5.41) is 3.69. The lowest BCUT2D eigenvalue weighted by Crippen LogP contribution is -2.01. The number of rotatable bonds is 1. The summed E-state index contributed by atoms with van der Waals surface area (Å²) in [6, 6.07) is 4.66. The van der Waals surface area contributed by atoms with Crippen molar-refractivity contribution < 1.29 is 4.52 Å². The van der Waals surface area contributed by atoms with E-state index in [-0.39, 0.29) is 11.4 Å². The summed E-state index contributed by atoms with van der Waals surface area (Å²) in [5.74, 6) is 0.251. The van der Waals surface area contributed by atoms with E-state index in [1.807, 2.05) is 0 Å². The Morgan fingerprint density at radius 1 is 1.46 bits per heavy atom. The van der Waals surface area contributed by atoms with Gasteiger partial charge in [-0.3, -0.25) is 4.79 Å². The van der Waals surface area contributed by atoms with Crippen LogP contribution in [0.3, 0.4) is 0 Å². The third-order valence-corrected chi connectivity index (χ3v) is 1.61. The first-order valence-electron chi connectivity index (χ1n) is 3.67. The van der Waals surface area contributed by atoms with E-state index < -0.39 is 0 Å². The molecule has 2 heterocycles. The molecule has 0 aliphatic carbocycles. The highest BCUT2D eigenvalue weighted by Crippen LogP contribution is 2.17. The van der Waals surface area contributed by atoms with Crippen molar-refractivity contribution in [2.75, 3.05) is 5.73 Å². The maximum absolute atomic E-state index is 10.7. The van der Waals surface area contributed by atoms with Gasteiger partial charge in [0.2, 0.25) is 11.4 Å². The third kappa shape index (κ3) is 1.44. The van der Waals surface area contributed by atoms with Crippen molar-refractivity contribution in [1.82, 2.24) is 10.1 Å². The Morgan fingerprint density at radius 3 is 2.85 bits per heavy atom. The van der Waals surface area contributed by atoms with Crippen LogP contribution in [0.25, 0.3) is 11.3 Å². The van der Waals surface area contributed by atoms with Crippen LogP contribution in [0.1, 0.15) is 0 Å². The molecule has 0 amide bonds. The van der Waals surface area contributed by atoms with E-state index in [1.165, 1.54) is 6.07 Å². The second-order valence-electron chi connectivity index (χ2n) is 2.56. The SMILES string of the molecule is Nc1cc(-c2ccc(=O)[nH]c2)no1. The minimum atomic E-state index is -0.153. The number of nitrogen functional groups attached to an aromatic ring is 1. The van der Waals surface area contributed by atoms with Crippen LogP contribution in [0.15, 0.2) is 33.7 Å². The Balaban J connectivity index is 2.47. The van der Waals surface area contributed by atoms with E-state index in [1.54, 1.807) is 18.3 Å². The van der Waals surface area contributed by atoms with Gasteiger partial charge in [-0.2, -0.15) is 0 Å². The predicted octanol–water partition coefficient (Wildman–Crippen LogP) is 0.612. The zero-order chi connectivity index (χ0) is 9.26. The monoisotopic (exact) mass is 177 g/mol. The maximum atomic E-state index is 10.7. The minimum absolute atomic E-state index is 0.153. The number of nitrogens with one attached hydrogen (secondary N) is 1. The molecule has 0 atom stereocenters. The van der Waals surface area contributed by atoms with E-state index in [0.29, 0.717) is 5.69 Å². The first-order valence-corrected chi connectivity index (χ1v) is 3.67. The maximum Gasteiger partial charge on any atom is 0.247 e. The molecule has 2 rings (SSSR count). The van der Waals surface area contributed by atoms with Gasteiger partial charge in [0.25, 0.3) is 0 Å². The first-order chi connectivity index (χ1) is 6.25. The van der Waals surface area contributed by atoms with Crippen LogP contribution in [-0.2, 0) is 0 Å². The van der Waals surface area contributed by atoms with Crippen LogP contribution in [0.4, 0.5) is 5.88 Å². The summed E-state index contributed by atoms with van der Waals surface area (Å²) in [6.07, 6.45) is 1.56. The zero-order valence-electron chi connectivity index (χ0n) is 6.65. The largest absolute Gasteiger partial charge is 0.368 e. The summed E-state index contributed by atoms with van der Waals surface area (Å²) in [4.78, 5) is 13.3. The average molecular weight is 177 g/mol. The van der Waals surface area contributed by atoms with E-state index in [9.17, 15) is 4.79 Å². The Hall–Kier alpha value is -2.04. The lowest BCUT2D eigenvalue weighted by atomic mass is 10.2. The van der Waals surface area contributed by atoms with E-state index in [2.05, 4.69) is 14.7 Å². The molecule has 0 aliphatic heterocycles. The molecule has 0 unspecified atom stereocenters. The van der Waals surface area contributed by atoms with E-state index in [0.717, 1.165) is 5.56 Å². The van der Waals surface area contributed by atoms with Gasteiger partial charge in [0.1, 0.15) is 5.69 Å². The molecule has 0 fully saturated rings. The summed E-state index contributed by atoms with van der Waals surface area (Å²) in [6.45, 7) is 0. The van der Waals surface area contributed by atoms with Gasteiger partial charge < -0.3 is 15.2 Å². The van der Waals surface area contributed by atoms with Crippen LogP contribution < -0.4 is 11.3 Å². The molecular weight excluding hydrogens is 170 g/mol. The zero-order valence-corrected chi connectivity index (χ0v) is 6.65. The van der Waals surface area contributed by atoms with Gasteiger partial charge in [-0.1, -0.05) is 5.16 Å². The van der Waals surface area contributed by atoms with Crippen molar-refractivity contribution in [2.24, 2.45) is 0 Å². The molecular formula is C8H7N3O2. The van der Waals surface area contributed by atoms with Crippen LogP contribution in [0, 0.1) is 0 Å². The lowest BCUT2D eigenvalue weighted by molar-refractivity contribution is 0.439. The molecule has 0 aliphatic rings. The highest BCUT2D eigenvalue weighted by atomic mass is 16.5. The molecule has 2 aromatic heterocycles. The summed E-state index contributed by atoms with van der Waals surface area (Å²) in [7, 11) is 0.